The Balaban J connectivity index is 2.04. The van der Waals surface area contributed by atoms with E-state index in [1.807, 2.05) is 6.92 Å². The summed E-state index contributed by atoms with van der Waals surface area (Å²) in [6, 6.07) is 0. The number of fused-ring (bicyclic) bond motifs is 1. The Morgan fingerprint density at radius 3 is 2.90 bits per heavy atom. The number of aryl methyl sites for hydroxylation is 1. The molecule has 2 N–H and O–H groups in total. The summed E-state index contributed by atoms with van der Waals surface area (Å²) in [5.74, 6) is 0. The molecule has 0 aromatic carbocycles. The molecule has 4 atom stereocenters. The fourth-order valence-electron chi connectivity index (χ4n) is 2.50. The molecule has 1 fully saturated rings. The molecule has 0 spiro atoms. The Hall–Kier alpha value is -1.61. The molecule has 1 aliphatic heterocycles. The Kier molecular flexibility index (Phi) is 3.38. The van der Waals surface area contributed by atoms with Crippen molar-refractivity contribution in [2.75, 3.05) is 13.7 Å². The Morgan fingerprint density at radius 1 is 1.40 bits per heavy atom. The number of aliphatic hydroxyl groups is 2. The van der Waals surface area contributed by atoms with Gasteiger partial charge in [0, 0.05) is 7.11 Å². The Morgan fingerprint density at radius 2 is 2.20 bits per heavy atom. The normalized spacial score (nSPS) is 30.2. The van der Waals surface area contributed by atoms with Gasteiger partial charge in [-0.1, -0.05) is 0 Å². The maximum Gasteiger partial charge on any atom is 0.166 e. The SMILES string of the molecule is CO[C@H]1[C@@H](O)[C@@H](CO)O[C@H]1n1cnc2c(C)ncnc21. The van der Waals surface area contributed by atoms with Crippen molar-refractivity contribution < 1.29 is 19.7 Å². The van der Waals surface area contributed by atoms with E-state index in [1.165, 1.54) is 13.4 Å². The number of aromatic nitrogens is 4. The van der Waals surface area contributed by atoms with Gasteiger partial charge in [-0.2, -0.15) is 0 Å². The minimum atomic E-state index is -0.907. The van der Waals surface area contributed by atoms with Crippen LogP contribution in [0.15, 0.2) is 12.7 Å². The summed E-state index contributed by atoms with van der Waals surface area (Å²) in [5, 5.41) is 19.3. The minimum absolute atomic E-state index is 0.280. The lowest BCUT2D eigenvalue weighted by molar-refractivity contribution is -0.0583. The monoisotopic (exact) mass is 280 g/mol. The molecule has 0 bridgehead atoms. The molecule has 1 saturated heterocycles. The molecule has 3 heterocycles. The van der Waals surface area contributed by atoms with Gasteiger partial charge in [-0.25, -0.2) is 15.0 Å². The lowest BCUT2D eigenvalue weighted by atomic mass is 10.1. The van der Waals surface area contributed by atoms with Crippen LogP contribution < -0.4 is 0 Å². The topological polar surface area (TPSA) is 103 Å². The first-order valence-electron chi connectivity index (χ1n) is 6.28. The van der Waals surface area contributed by atoms with Crippen molar-refractivity contribution in [1.82, 2.24) is 19.5 Å². The molecule has 2 aromatic heterocycles. The molecule has 1 aliphatic rings. The van der Waals surface area contributed by atoms with Gasteiger partial charge in [0.05, 0.1) is 18.6 Å². The summed E-state index contributed by atoms with van der Waals surface area (Å²) >= 11 is 0. The molecule has 0 radical (unpaired) electrons. The predicted molar refractivity (Wildman–Crippen MR) is 67.9 cm³/mol. The number of imidazole rings is 1. The zero-order valence-corrected chi connectivity index (χ0v) is 11.2. The fourth-order valence-corrected chi connectivity index (χ4v) is 2.50. The molecule has 0 aliphatic carbocycles. The van der Waals surface area contributed by atoms with Gasteiger partial charge in [0.2, 0.25) is 0 Å². The largest absolute Gasteiger partial charge is 0.394 e. The van der Waals surface area contributed by atoms with Crippen LogP contribution in [0.4, 0.5) is 0 Å². The summed E-state index contributed by atoms with van der Waals surface area (Å²) in [4.78, 5) is 12.6. The third-order valence-electron chi connectivity index (χ3n) is 3.58. The molecular weight excluding hydrogens is 264 g/mol. The van der Waals surface area contributed by atoms with Crippen LogP contribution in [0.25, 0.3) is 11.2 Å². The lowest BCUT2D eigenvalue weighted by Crippen LogP contribution is -2.34. The average molecular weight is 280 g/mol. The summed E-state index contributed by atoms with van der Waals surface area (Å²) in [6.45, 7) is 1.56. The van der Waals surface area contributed by atoms with Gasteiger partial charge in [0.15, 0.2) is 11.9 Å². The minimum Gasteiger partial charge on any atom is -0.394 e. The summed E-state index contributed by atoms with van der Waals surface area (Å²) in [6.07, 6.45) is 0.245. The highest BCUT2D eigenvalue weighted by Crippen LogP contribution is 2.33. The molecule has 8 heteroatoms. The maximum atomic E-state index is 10.1. The maximum absolute atomic E-state index is 10.1. The van der Waals surface area contributed by atoms with Gasteiger partial charge in [0.25, 0.3) is 0 Å². The van der Waals surface area contributed by atoms with E-state index in [1.54, 1.807) is 10.9 Å². The van der Waals surface area contributed by atoms with Crippen LogP contribution in [-0.4, -0.2) is 61.8 Å². The van der Waals surface area contributed by atoms with E-state index in [-0.39, 0.29) is 6.61 Å². The highest BCUT2D eigenvalue weighted by Gasteiger charge is 2.45. The lowest BCUT2D eigenvalue weighted by Gasteiger charge is -2.19. The molecule has 108 valence electrons. The van der Waals surface area contributed by atoms with Crippen molar-refractivity contribution >= 4 is 11.2 Å². The van der Waals surface area contributed by atoms with Crippen LogP contribution >= 0.6 is 0 Å². The average Bonchev–Trinajstić information content (AvgIpc) is 3.00. The Bertz CT molecular complexity index is 617. The number of hydrogen-bond acceptors (Lipinski definition) is 7. The number of hydrogen-bond donors (Lipinski definition) is 2. The number of ether oxygens (including phenoxy) is 2. The van der Waals surface area contributed by atoms with Gasteiger partial charge >= 0.3 is 0 Å². The van der Waals surface area contributed by atoms with Crippen molar-refractivity contribution in [3.05, 3.63) is 18.3 Å². The Labute approximate surface area is 115 Å². The molecule has 8 nitrogen and oxygen atoms in total. The molecular formula is C12H16N4O4. The smallest absolute Gasteiger partial charge is 0.166 e. The van der Waals surface area contributed by atoms with Gasteiger partial charge in [0.1, 0.15) is 30.2 Å². The molecule has 0 amide bonds. The van der Waals surface area contributed by atoms with E-state index in [9.17, 15) is 10.2 Å². The fraction of sp³-hybridized carbons (Fsp3) is 0.583. The molecule has 0 saturated carbocycles. The summed E-state index contributed by atoms with van der Waals surface area (Å²) < 4.78 is 12.6. The first-order valence-corrected chi connectivity index (χ1v) is 6.28. The van der Waals surface area contributed by atoms with Crippen molar-refractivity contribution in [1.29, 1.82) is 0 Å². The first kappa shape index (κ1) is 13.4. The van der Waals surface area contributed by atoms with Crippen molar-refractivity contribution in [3.63, 3.8) is 0 Å². The van der Waals surface area contributed by atoms with Crippen molar-refractivity contribution in [2.45, 2.75) is 31.5 Å². The highest BCUT2D eigenvalue weighted by molar-refractivity contribution is 5.72. The van der Waals surface area contributed by atoms with E-state index in [0.29, 0.717) is 11.2 Å². The second kappa shape index (κ2) is 5.06. The third-order valence-corrected chi connectivity index (χ3v) is 3.58. The van der Waals surface area contributed by atoms with E-state index in [4.69, 9.17) is 9.47 Å². The quantitative estimate of drug-likeness (QED) is 0.774. The number of rotatable bonds is 3. The zero-order chi connectivity index (χ0) is 14.3. The molecule has 0 unspecified atom stereocenters. The van der Waals surface area contributed by atoms with E-state index >= 15 is 0 Å². The van der Waals surface area contributed by atoms with Gasteiger partial charge in [-0.05, 0) is 6.92 Å². The van der Waals surface area contributed by atoms with E-state index in [0.717, 1.165) is 5.69 Å². The molecule has 3 rings (SSSR count). The number of methoxy groups -OCH3 is 1. The first-order chi connectivity index (χ1) is 9.67. The standard InChI is InChI=1S/C12H16N4O4/c1-6-8-11(14-4-13-6)16(5-15-8)12-10(19-2)9(18)7(3-17)20-12/h4-5,7,9-10,12,17-18H,3H2,1-2H3/t7-,9+,10+,12-/m1/s1. The molecule has 20 heavy (non-hydrogen) atoms. The van der Waals surface area contributed by atoms with Crippen LogP contribution in [0.5, 0.6) is 0 Å². The highest BCUT2D eigenvalue weighted by atomic mass is 16.6. The third kappa shape index (κ3) is 1.88. The summed E-state index contributed by atoms with van der Waals surface area (Å²) in [5.41, 5.74) is 2.04. The number of aliphatic hydroxyl groups excluding tert-OH is 2. The van der Waals surface area contributed by atoms with Gasteiger partial charge in [-0.3, -0.25) is 4.57 Å². The van der Waals surface area contributed by atoms with E-state index in [2.05, 4.69) is 15.0 Å². The molecule has 2 aromatic rings. The van der Waals surface area contributed by atoms with Crippen LogP contribution in [0.3, 0.4) is 0 Å². The van der Waals surface area contributed by atoms with Crippen LogP contribution in [0.1, 0.15) is 11.9 Å². The second-order valence-electron chi connectivity index (χ2n) is 4.72. The van der Waals surface area contributed by atoms with Crippen molar-refractivity contribution in [2.24, 2.45) is 0 Å². The zero-order valence-electron chi connectivity index (χ0n) is 11.2. The summed E-state index contributed by atoms with van der Waals surface area (Å²) in [7, 11) is 1.49. The van der Waals surface area contributed by atoms with Gasteiger partial charge < -0.3 is 19.7 Å². The van der Waals surface area contributed by atoms with Crippen LogP contribution in [0.2, 0.25) is 0 Å². The van der Waals surface area contributed by atoms with Crippen molar-refractivity contribution in [3.8, 4) is 0 Å². The van der Waals surface area contributed by atoms with Crippen LogP contribution in [0, 0.1) is 6.92 Å². The van der Waals surface area contributed by atoms with Crippen LogP contribution in [-0.2, 0) is 9.47 Å². The number of nitrogens with zero attached hydrogens (tertiary/aromatic N) is 4. The van der Waals surface area contributed by atoms with E-state index < -0.39 is 24.5 Å². The van der Waals surface area contributed by atoms with Gasteiger partial charge in [-0.15, -0.1) is 0 Å². The second-order valence-corrected chi connectivity index (χ2v) is 4.72. The predicted octanol–water partition coefficient (Wildman–Crippen LogP) is -0.600.